The second-order valence-corrected chi connectivity index (χ2v) is 10.4. The molecule has 2 N–H and O–H groups in total. The van der Waals surface area contributed by atoms with Gasteiger partial charge in [0.15, 0.2) is 5.11 Å². The molecule has 0 bridgehead atoms. The lowest BCUT2D eigenvalue weighted by atomic mass is 9.96. The molecule has 3 aromatic rings. The monoisotopic (exact) mass is 469 g/mol. The molecule has 7 nitrogen and oxygen atoms in total. The van der Waals surface area contributed by atoms with E-state index in [4.69, 9.17) is 12.2 Å². The summed E-state index contributed by atoms with van der Waals surface area (Å²) in [5.74, 6) is 0. The van der Waals surface area contributed by atoms with E-state index in [1.165, 1.54) is 11.3 Å². The van der Waals surface area contributed by atoms with Crippen LogP contribution in [0.15, 0.2) is 48.7 Å². The van der Waals surface area contributed by atoms with E-state index < -0.39 is 10.0 Å². The minimum Gasteiger partial charge on any atom is -0.352 e. The minimum atomic E-state index is -3.36. The summed E-state index contributed by atoms with van der Waals surface area (Å²) in [5, 5.41) is 4.08. The smallest absolute Gasteiger partial charge is 0.229 e. The molecule has 2 unspecified atom stereocenters. The fraction of sp³-hybridized carbons (Fsp3) is 0.304. The van der Waals surface area contributed by atoms with Crippen molar-refractivity contribution in [2.45, 2.75) is 32.9 Å². The molecule has 0 aliphatic carbocycles. The van der Waals surface area contributed by atoms with Crippen LogP contribution in [-0.4, -0.2) is 29.3 Å². The summed E-state index contributed by atoms with van der Waals surface area (Å²) in [5.41, 5.74) is 6.68. The number of pyridine rings is 1. The van der Waals surface area contributed by atoms with Crippen LogP contribution in [0.2, 0.25) is 0 Å². The zero-order valence-electron chi connectivity index (χ0n) is 18.7. The van der Waals surface area contributed by atoms with Crippen LogP contribution in [0.25, 0.3) is 0 Å². The van der Waals surface area contributed by atoms with Crippen molar-refractivity contribution in [1.29, 1.82) is 0 Å². The Balaban J connectivity index is 1.83. The predicted molar refractivity (Wildman–Crippen MR) is 132 cm³/mol. The number of hydrogen-bond acceptors (Lipinski definition) is 4. The summed E-state index contributed by atoms with van der Waals surface area (Å²) < 4.78 is 28.1. The highest BCUT2D eigenvalue weighted by Crippen LogP contribution is 2.43. The maximum Gasteiger partial charge on any atom is 0.229 e. The lowest BCUT2D eigenvalue weighted by Gasteiger charge is -2.28. The molecule has 1 aromatic carbocycles. The molecule has 32 heavy (non-hydrogen) atoms. The van der Waals surface area contributed by atoms with Crippen molar-refractivity contribution >= 4 is 38.7 Å². The highest BCUT2D eigenvalue weighted by molar-refractivity contribution is 7.92. The first kappa shape index (κ1) is 22.3. The van der Waals surface area contributed by atoms with Gasteiger partial charge < -0.3 is 14.8 Å². The number of hydrogen-bond donors (Lipinski definition) is 2. The Morgan fingerprint density at radius 3 is 2.44 bits per heavy atom. The van der Waals surface area contributed by atoms with Gasteiger partial charge in [-0.1, -0.05) is 6.07 Å². The lowest BCUT2D eigenvalue weighted by molar-refractivity contribution is 0.564. The van der Waals surface area contributed by atoms with Crippen LogP contribution in [0.3, 0.4) is 0 Å². The molecule has 9 heteroatoms. The number of thiocarbonyl (C=S) groups is 1. The molecule has 1 aliphatic heterocycles. The first-order valence-electron chi connectivity index (χ1n) is 10.3. The maximum atomic E-state index is 11.7. The second-order valence-electron chi connectivity index (χ2n) is 8.26. The highest BCUT2D eigenvalue weighted by Gasteiger charge is 2.42. The van der Waals surface area contributed by atoms with Gasteiger partial charge >= 0.3 is 0 Å². The van der Waals surface area contributed by atoms with Gasteiger partial charge in [0.05, 0.1) is 29.7 Å². The molecular weight excluding hydrogens is 442 g/mol. The van der Waals surface area contributed by atoms with Crippen molar-refractivity contribution in [1.82, 2.24) is 14.9 Å². The van der Waals surface area contributed by atoms with Gasteiger partial charge in [0, 0.05) is 30.3 Å². The van der Waals surface area contributed by atoms with Gasteiger partial charge in [0.2, 0.25) is 10.0 Å². The van der Waals surface area contributed by atoms with E-state index >= 15 is 0 Å². The van der Waals surface area contributed by atoms with Crippen LogP contribution < -0.4 is 14.9 Å². The third kappa shape index (κ3) is 4.10. The van der Waals surface area contributed by atoms with E-state index in [1.807, 2.05) is 37.3 Å². The number of nitrogens with one attached hydrogen (secondary N) is 2. The van der Waals surface area contributed by atoms with E-state index in [9.17, 15) is 8.42 Å². The van der Waals surface area contributed by atoms with Gasteiger partial charge in [-0.15, -0.1) is 0 Å². The van der Waals surface area contributed by atoms with Crippen LogP contribution in [-0.2, 0) is 17.1 Å². The number of anilines is 2. The van der Waals surface area contributed by atoms with E-state index in [1.54, 1.807) is 12.3 Å². The fourth-order valence-electron chi connectivity index (χ4n) is 4.24. The third-order valence-electron chi connectivity index (χ3n) is 6.01. The van der Waals surface area contributed by atoms with Crippen molar-refractivity contribution in [3.05, 3.63) is 76.9 Å². The molecule has 0 saturated carbocycles. The first-order chi connectivity index (χ1) is 15.1. The van der Waals surface area contributed by atoms with E-state index in [0.29, 0.717) is 10.8 Å². The Kier molecular flexibility index (Phi) is 5.72. The normalized spacial score (nSPS) is 18.7. The number of sulfonamides is 1. The summed E-state index contributed by atoms with van der Waals surface area (Å²) in [6.45, 7) is 6.08. The maximum absolute atomic E-state index is 11.7. The van der Waals surface area contributed by atoms with Crippen molar-refractivity contribution in [2.24, 2.45) is 7.05 Å². The van der Waals surface area contributed by atoms with Gasteiger partial charge in [-0.3, -0.25) is 9.71 Å². The van der Waals surface area contributed by atoms with Crippen molar-refractivity contribution in [3.63, 3.8) is 0 Å². The Labute approximate surface area is 194 Å². The Bertz CT molecular complexity index is 1290. The van der Waals surface area contributed by atoms with Crippen LogP contribution in [0.4, 0.5) is 11.4 Å². The molecule has 1 aliphatic rings. The number of aryl methyl sites for hydroxylation is 2. The molecular formula is C23H27N5O2S2. The molecule has 3 heterocycles. The molecule has 0 radical (unpaired) electrons. The molecule has 0 spiro atoms. The van der Waals surface area contributed by atoms with Crippen LogP contribution in [0, 0.1) is 20.8 Å². The molecule has 2 aromatic heterocycles. The molecule has 2 atom stereocenters. The summed E-state index contributed by atoms with van der Waals surface area (Å²) in [6, 6.07) is 13.5. The van der Waals surface area contributed by atoms with Crippen LogP contribution in [0.1, 0.15) is 40.3 Å². The molecule has 4 rings (SSSR count). The van der Waals surface area contributed by atoms with Gasteiger partial charge in [0.25, 0.3) is 0 Å². The SMILES string of the molecule is Cc1cc(N2C(=S)NC(c3ccccn3)C2c2cc(C)n(C)c2C)ccc1NS(C)(=O)=O. The number of rotatable bonds is 5. The summed E-state index contributed by atoms with van der Waals surface area (Å²) in [7, 11) is -1.30. The Morgan fingerprint density at radius 2 is 1.88 bits per heavy atom. The summed E-state index contributed by atoms with van der Waals surface area (Å²) in [6.07, 6.45) is 2.94. The largest absolute Gasteiger partial charge is 0.352 e. The van der Waals surface area contributed by atoms with Crippen molar-refractivity contribution in [3.8, 4) is 0 Å². The predicted octanol–water partition coefficient (Wildman–Crippen LogP) is 3.89. The van der Waals surface area contributed by atoms with Crippen LogP contribution in [0.5, 0.6) is 0 Å². The quantitative estimate of drug-likeness (QED) is 0.552. The molecule has 1 fully saturated rings. The lowest BCUT2D eigenvalue weighted by Crippen LogP contribution is -2.29. The zero-order valence-corrected chi connectivity index (χ0v) is 20.4. The van der Waals surface area contributed by atoms with E-state index in [2.05, 4.69) is 51.5 Å². The highest BCUT2D eigenvalue weighted by atomic mass is 32.2. The summed E-state index contributed by atoms with van der Waals surface area (Å²) >= 11 is 5.79. The van der Waals surface area contributed by atoms with Crippen molar-refractivity contribution < 1.29 is 8.42 Å². The number of nitrogens with zero attached hydrogens (tertiary/aromatic N) is 3. The van der Waals surface area contributed by atoms with Gasteiger partial charge in [-0.2, -0.15) is 0 Å². The standard InChI is InChI=1S/C23H27N5O2S2/c1-14-12-17(9-10-19(14)26-32(5,29)30)28-22(18-13-15(2)27(4)16(18)3)21(25-23(28)31)20-8-6-7-11-24-20/h6-13,21-22,26H,1-5H3,(H,25,31). The van der Waals surface area contributed by atoms with Gasteiger partial charge in [0.1, 0.15) is 0 Å². The number of aromatic nitrogens is 2. The average molecular weight is 470 g/mol. The van der Waals surface area contributed by atoms with Gasteiger partial charge in [-0.05, 0) is 80.5 Å². The van der Waals surface area contributed by atoms with E-state index in [-0.39, 0.29) is 12.1 Å². The second kappa shape index (κ2) is 8.22. The third-order valence-corrected chi connectivity index (χ3v) is 6.92. The molecule has 168 valence electrons. The first-order valence-corrected chi connectivity index (χ1v) is 12.6. The molecule has 1 saturated heterocycles. The van der Waals surface area contributed by atoms with Gasteiger partial charge in [-0.25, -0.2) is 8.42 Å². The minimum absolute atomic E-state index is 0.106. The van der Waals surface area contributed by atoms with E-state index in [0.717, 1.165) is 28.9 Å². The zero-order chi connectivity index (χ0) is 23.2. The topological polar surface area (TPSA) is 79.3 Å². The number of benzene rings is 1. The summed E-state index contributed by atoms with van der Waals surface area (Å²) in [4.78, 5) is 6.70. The van der Waals surface area contributed by atoms with Crippen molar-refractivity contribution in [2.75, 3.05) is 15.9 Å². The fourth-order valence-corrected chi connectivity index (χ4v) is 5.22. The Morgan fingerprint density at radius 1 is 1.12 bits per heavy atom. The molecule has 0 amide bonds. The Hall–Kier alpha value is -2.91. The van der Waals surface area contributed by atoms with Crippen LogP contribution >= 0.6 is 12.2 Å². The average Bonchev–Trinajstić information content (AvgIpc) is 3.20.